The molecule has 1 amide bonds. The summed E-state index contributed by atoms with van der Waals surface area (Å²) >= 11 is 0.834. The van der Waals surface area contributed by atoms with E-state index >= 15 is 0 Å². The molecule has 6 nitrogen and oxygen atoms in total. The summed E-state index contributed by atoms with van der Waals surface area (Å²) in [5.74, 6) is -0.360. The molecule has 0 saturated carbocycles. The molecule has 1 aromatic rings. The molecule has 2 N–H and O–H groups in total. The average Bonchev–Trinajstić information content (AvgIpc) is 2.64. The summed E-state index contributed by atoms with van der Waals surface area (Å²) in [5.41, 5.74) is -0.537. The Bertz CT molecular complexity index is 428. The maximum absolute atomic E-state index is 11.8. The van der Waals surface area contributed by atoms with Crippen molar-refractivity contribution >= 4 is 22.2 Å². The standard InChI is InChI=1S/C10H14N2O4S/c1-10(2,5-6-13)11-9(14)7-3-4-8(17-7)12(15)16/h3-4,13H,5-6H2,1-2H3,(H,11,14). The second-order valence-electron chi connectivity index (χ2n) is 4.21. The van der Waals surface area contributed by atoms with Gasteiger partial charge in [0.25, 0.3) is 5.91 Å². The third-order valence-corrected chi connectivity index (χ3v) is 3.22. The summed E-state index contributed by atoms with van der Waals surface area (Å²) in [7, 11) is 0. The highest BCUT2D eigenvalue weighted by molar-refractivity contribution is 7.17. The first-order chi connectivity index (χ1) is 7.85. The lowest BCUT2D eigenvalue weighted by Crippen LogP contribution is -2.43. The minimum Gasteiger partial charge on any atom is -0.396 e. The van der Waals surface area contributed by atoms with E-state index in [0.29, 0.717) is 11.3 Å². The van der Waals surface area contributed by atoms with Gasteiger partial charge in [-0.3, -0.25) is 14.9 Å². The van der Waals surface area contributed by atoms with E-state index < -0.39 is 10.5 Å². The first-order valence-corrected chi connectivity index (χ1v) is 5.85. The number of nitrogens with one attached hydrogen (secondary N) is 1. The molecule has 0 aromatic carbocycles. The van der Waals surface area contributed by atoms with Crippen LogP contribution in [-0.4, -0.2) is 28.1 Å². The van der Waals surface area contributed by atoms with E-state index in [1.165, 1.54) is 12.1 Å². The largest absolute Gasteiger partial charge is 0.396 e. The van der Waals surface area contributed by atoms with Gasteiger partial charge in [0.1, 0.15) is 0 Å². The summed E-state index contributed by atoms with van der Waals surface area (Å²) in [5, 5.41) is 22.0. The summed E-state index contributed by atoms with van der Waals surface area (Å²) in [6, 6.07) is 2.73. The minimum atomic E-state index is -0.537. The van der Waals surface area contributed by atoms with Crippen LogP contribution >= 0.6 is 11.3 Å². The van der Waals surface area contributed by atoms with Crippen molar-refractivity contribution in [3.8, 4) is 0 Å². The Morgan fingerprint density at radius 1 is 1.59 bits per heavy atom. The predicted molar refractivity (Wildman–Crippen MR) is 64.2 cm³/mol. The topological polar surface area (TPSA) is 92.5 Å². The third kappa shape index (κ3) is 3.79. The van der Waals surface area contributed by atoms with Crippen molar-refractivity contribution in [3.05, 3.63) is 27.1 Å². The second kappa shape index (κ2) is 5.24. The van der Waals surface area contributed by atoms with Crippen LogP contribution in [-0.2, 0) is 0 Å². The SMILES string of the molecule is CC(C)(CCO)NC(=O)c1ccc([N+](=O)[O-])s1. The van der Waals surface area contributed by atoms with Crippen LogP contribution in [0.15, 0.2) is 12.1 Å². The van der Waals surface area contributed by atoms with Crippen LogP contribution in [0.1, 0.15) is 29.9 Å². The van der Waals surface area contributed by atoms with Crippen LogP contribution in [0.2, 0.25) is 0 Å². The second-order valence-corrected chi connectivity index (χ2v) is 5.27. The number of nitrogens with zero attached hydrogens (tertiary/aromatic N) is 1. The summed E-state index contributed by atoms with van der Waals surface area (Å²) in [4.78, 5) is 22.0. The molecule has 0 saturated heterocycles. The van der Waals surface area contributed by atoms with E-state index in [-0.39, 0.29) is 17.5 Å². The first kappa shape index (κ1) is 13.6. The number of hydrogen-bond acceptors (Lipinski definition) is 5. The van der Waals surface area contributed by atoms with Gasteiger partial charge in [-0.15, -0.1) is 0 Å². The van der Waals surface area contributed by atoms with E-state index in [1.807, 2.05) is 0 Å². The zero-order valence-electron chi connectivity index (χ0n) is 9.60. The van der Waals surface area contributed by atoms with E-state index in [0.717, 1.165) is 11.3 Å². The Kier molecular flexibility index (Phi) is 4.19. The number of aliphatic hydroxyl groups is 1. The molecule has 0 aliphatic rings. The lowest BCUT2D eigenvalue weighted by Gasteiger charge is -2.24. The molecule has 1 aromatic heterocycles. The van der Waals surface area contributed by atoms with Gasteiger partial charge in [0.15, 0.2) is 0 Å². The van der Waals surface area contributed by atoms with E-state index in [2.05, 4.69) is 5.32 Å². The number of amides is 1. The van der Waals surface area contributed by atoms with Gasteiger partial charge >= 0.3 is 5.00 Å². The maximum atomic E-state index is 11.8. The van der Waals surface area contributed by atoms with Crippen LogP contribution in [0, 0.1) is 10.1 Å². The molecule has 7 heteroatoms. The number of nitro groups is 1. The Morgan fingerprint density at radius 3 is 2.71 bits per heavy atom. The lowest BCUT2D eigenvalue weighted by molar-refractivity contribution is -0.380. The van der Waals surface area contributed by atoms with Gasteiger partial charge < -0.3 is 10.4 Å². The quantitative estimate of drug-likeness (QED) is 0.619. The van der Waals surface area contributed by atoms with Gasteiger partial charge in [0.05, 0.1) is 9.80 Å². The Morgan fingerprint density at radius 2 is 2.24 bits per heavy atom. The molecular weight excluding hydrogens is 244 g/mol. The van der Waals surface area contributed by atoms with Crippen molar-refractivity contribution in [2.24, 2.45) is 0 Å². The van der Waals surface area contributed by atoms with Crippen LogP contribution < -0.4 is 5.32 Å². The van der Waals surface area contributed by atoms with Crippen molar-refractivity contribution < 1.29 is 14.8 Å². The number of hydrogen-bond donors (Lipinski definition) is 2. The zero-order valence-corrected chi connectivity index (χ0v) is 10.4. The zero-order chi connectivity index (χ0) is 13.1. The highest BCUT2D eigenvalue weighted by Gasteiger charge is 2.22. The van der Waals surface area contributed by atoms with Crippen molar-refractivity contribution in [3.63, 3.8) is 0 Å². The molecule has 0 unspecified atom stereocenters. The lowest BCUT2D eigenvalue weighted by atomic mass is 10.0. The van der Waals surface area contributed by atoms with Gasteiger partial charge in [-0.1, -0.05) is 11.3 Å². The van der Waals surface area contributed by atoms with Crippen molar-refractivity contribution in [2.75, 3.05) is 6.61 Å². The fourth-order valence-electron chi connectivity index (χ4n) is 1.26. The molecule has 17 heavy (non-hydrogen) atoms. The minimum absolute atomic E-state index is 0.0299. The molecule has 0 atom stereocenters. The van der Waals surface area contributed by atoms with Crippen LogP contribution in [0.25, 0.3) is 0 Å². The number of carbonyl (C=O) groups is 1. The van der Waals surface area contributed by atoms with Crippen LogP contribution in [0.4, 0.5) is 5.00 Å². The monoisotopic (exact) mass is 258 g/mol. The predicted octanol–water partition coefficient (Wildman–Crippen LogP) is 1.55. The van der Waals surface area contributed by atoms with Gasteiger partial charge in [0, 0.05) is 18.2 Å². The molecule has 0 aliphatic carbocycles. The fraction of sp³-hybridized carbons (Fsp3) is 0.500. The molecule has 0 spiro atoms. The Labute approximate surface area is 102 Å². The average molecular weight is 258 g/mol. The highest BCUT2D eigenvalue weighted by atomic mass is 32.1. The Hall–Kier alpha value is -1.47. The van der Waals surface area contributed by atoms with E-state index in [1.54, 1.807) is 13.8 Å². The van der Waals surface area contributed by atoms with Gasteiger partial charge in [-0.25, -0.2) is 0 Å². The number of carbonyl (C=O) groups excluding carboxylic acids is 1. The number of rotatable bonds is 5. The Balaban J connectivity index is 2.73. The molecule has 1 rings (SSSR count). The van der Waals surface area contributed by atoms with Crippen LogP contribution in [0.5, 0.6) is 0 Å². The molecule has 0 aliphatic heterocycles. The fourth-order valence-corrected chi connectivity index (χ4v) is 1.97. The van der Waals surface area contributed by atoms with Crippen molar-refractivity contribution in [2.45, 2.75) is 25.8 Å². The number of thiophene rings is 1. The molecule has 1 heterocycles. The van der Waals surface area contributed by atoms with Gasteiger partial charge in [-0.05, 0) is 26.3 Å². The smallest absolute Gasteiger partial charge is 0.324 e. The summed E-state index contributed by atoms with van der Waals surface area (Å²) < 4.78 is 0. The van der Waals surface area contributed by atoms with Crippen molar-refractivity contribution in [1.82, 2.24) is 5.32 Å². The van der Waals surface area contributed by atoms with Crippen LogP contribution in [0.3, 0.4) is 0 Å². The molecule has 94 valence electrons. The number of aliphatic hydroxyl groups excluding tert-OH is 1. The van der Waals surface area contributed by atoms with Crippen molar-refractivity contribution in [1.29, 1.82) is 0 Å². The molecule has 0 bridgehead atoms. The summed E-state index contributed by atoms with van der Waals surface area (Å²) in [6.07, 6.45) is 0.423. The molecular formula is C10H14N2O4S. The molecule has 0 fully saturated rings. The third-order valence-electron chi connectivity index (χ3n) is 2.18. The van der Waals surface area contributed by atoms with Gasteiger partial charge in [-0.2, -0.15) is 0 Å². The maximum Gasteiger partial charge on any atom is 0.324 e. The molecule has 0 radical (unpaired) electrons. The first-order valence-electron chi connectivity index (χ1n) is 5.03. The summed E-state index contributed by atoms with van der Waals surface area (Å²) in [6.45, 7) is 3.53. The van der Waals surface area contributed by atoms with E-state index in [4.69, 9.17) is 5.11 Å². The normalized spacial score (nSPS) is 11.2. The highest BCUT2D eigenvalue weighted by Crippen LogP contribution is 2.24. The van der Waals surface area contributed by atoms with E-state index in [9.17, 15) is 14.9 Å². The van der Waals surface area contributed by atoms with Gasteiger partial charge in [0.2, 0.25) is 0 Å².